The molecule has 1 saturated heterocycles. The molecule has 0 unspecified atom stereocenters. The summed E-state index contributed by atoms with van der Waals surface area (Å²) >= 11 is 0. The molecule has 3 N–H and O–H groups in total. The molecule has 8 nitrogen and oxygen atoms in total. The van der Waals surface area contributed by atoms with Crippen molar-refractivity contribution in [3.8, 4) is 11.1 Å². The molecule has 39 heavy (non-hydrogen) atoms. The molecule has 4 rings (SSSR count). The van der Waals surface area contributed by atoms with Crippen LogP contribution in [0.1, 0.15) is 46.1 Å². The molecular formula is C28H31F3N4O4. The SMILES string of the molecule is Cc1ccc(NC(=O)c2ccnc(C(F)(F)F)c2)cc1-c1cc(C2CCOCC2)nc(N(CCO)CCO)c1. The number of carbonyl (C=O) groups excluding carboxylic acids is 1. The molecule has 1 fully saturated rings. The van der Waals surface area contributed by atoms with Gasteiger partial charge in [0.1, 0.15) is 11.5 Å². The zero-order chi connectivity index (χ0) is 28.0. The van der Waals surface area contributed by atoms with Gasteiger partial charge in [-0.1, -0.05) is 6.07 Å². The minimum absolute atomic E-state index is 0.107. The minimum Gasteiger partial charge on any atom is -0.395 e. The lowest BCUT2D eigenvalue weighted by Gasteiger charge is -2.27. The molecule has 3 heterocycles. The number of hydrogen-bond donors (Lipinski definition) is 3. The number of nitrogens with zero attached hydrogens (tertiary/aromatic N) is 3. The standard InChI is InChI=1S/C28H31F3N4O4/c1-18-2-3-22(33-27(38)20-4-7-32-25(15-20)28(29,30)31)17-23(18)21-14-24(19-5-12-39-13-6-19)34-26(16-21)35(8-10-36)9-11-37/h2-4,7,14-17,19,36-37H,5-6,8-13H2,1H3,(H,33,38). The molecule has 3 aromatic rings. The van der Waals surface area contributed by atoms with Crippen LogP contribution in [0.4, 0.5) is 24.7 Å². The van der Waals surface area contributed by atoms with Gasteiger partial charge in [-0.15, -0.1) is 0 Å². The Bertz CT molecular complexity index is 1290. The summed E-state index contributed by atoms with van der Waals surface area (Å²) in [7, 11) is 0. The van der Waals surface area contributed by atoms with Gasteiger partial charge < -0.3 is 25.2 Å². The molecule has 1 aliphatic heterocycles. The number of amides is 1. The van der Waals surface area contributed by atoms with Crippen molar-refractivity contribution in [3.63, 3.8) is 0 Å². The highest BCUT2D eigenvalue weighted by atomic mass is 19.4. The number of aryl methyl sites for hydroxylation is 1. The number of ether oxygens (including phenoxy) is 1. The van der Waals surface area contributed by atoms with Crippen LogP contribution in [0.25, 0.3) is 11.1 Å². The Hall–Kier alpha value is -3.54. The van der Waals surface area contributed by atoms with Crippen LogP contribution in [0.2, 0.25) is 0 Å². The van der Waals surface area contributed by atoms with E-state index in [0.29, 0.717) is 37.8 Å². The van der Waals surface area contributed by atoms with E-state index in [2.05, 4.69) is 10.3 Å². The van der Waals surface area contributed by atoms with E-state index < -0.39 is 17.8 Å². The van der Waals surface area contributed by atoms with Gasteiger partial charge in [0.05, 0.1) is 13.2 Å². The van der Waals surface area contributed by atoms with Crippen LogP contribution in [-0.2, 0) is 10.9 Å². The summed E-state index contributed by atoms with van der Waals surface area (Å²) in [5.74, 6) is 0.107. The third-order valence-electron chi connectivity index (χ3n) is 6.65. The first-order valence-corrected chi connectivity index (χ1v) is 12.7. The second kappa shape index (κ2) is 12.5. The predicted octanol–water partition coefficient (Wildman–Crippen LogP) is 4.41. The first kappa shape index (κ1) is 28.5. The molecule has 1 aromatic carbocycles. The van der Waals surface area contributed by atoms with E-state index >= 15 is 0 Å². The van der Waals surface area contributed by atoms with Gasteiger partial charge in [0.2, 0.25) is 0 Å². The number of halogens is 3. The fraction of sp³-hybridized carbons (Fsp3) is 0.393. The van der Waals surface area contributed by atoms with Crippen molar-refractivity contribution in [1.82, 2.24) is 9.97 Å². The molecule has 208 valence electrons. The Labute approximate surface area is 224 Å². The van der Waals surface area contributed by atoms with E-state index in [4.69, 9.17) is 9.72 Å². The lowest BCUT2D eigenvalue weighted by atomic mass is 9.92. The van der Waals surface area contributed by atoms with E-state index in [0.717, 1.165) is 47.5 Å². The van der Waals surface area contributed by atoms with E-state index in [-0.39, 0.29) is 24.7 Å². The lowest BCUT2D eigenvalue weighted by Crippen LogP contribution is -2.31. The lowest BCUT2D eigenvalue weighted by molar-refractivity contribution is -0.141. The Balaban J connectivity index is 1.69. The summed E-state index contributed by atoms with van der Waals surface area (Å²) < 4.78 is 44.7. The molecule has 0 atom stereocenters. The largest absolute Gasteiger partial charge is 0.433 e. The molecule has 1 amide bonds. The number of anilines is 2. The van der Waals surface area contributed by atoms with Gasteiger partial charge in [-0.2, -0.15) is 13.2 Å². The van der Waals surface area contributed by atoms with Gasteiger partial charge in [-0.3, -0.25) is 9.78 Å². The monoisotopic (exact) mass is 544 g/mol. The number of aromatic nitrogens is 2. The molecule has 2 aromatic heterocycles. The highest BCUT2D eigenvalue weighted by Crippen LogP contribution is 2.34. The average Bonchev–Trinajstić information content (AvgIpc) is 2.94. The van der Waals surface area contributed by atoms with Crippen molar-refractivity contribution in [2.75, 3.05) is 49.7 Å². The van der Waals surface area contributed by atoms with Gasteiger partial charge >= 0.3 is 6.18 Å². The molecule has 0 radical (unpaired) electrons. The van der Waals surface area contributed by atoms with Gasteiger partial charge in [0, 0.05) is 55.4 Å². The Kier molecular flexibility index (Phi) is 9.16. The van der Waals surface area contributed by atoms with Crippen molar-refractivity contribution < 1.29 is 32.9 Å². The van der Waals surface area contributed by atoms with Crippen molar-refractivity contribution in [1.29, 1.82) is 0 Å². The zero-order valence-electron chi connectivity index (χ0n) is 21.5. The van der Waals surface area contributed by atoms with E-state index in [9.17, 15) is 28.2 Å². The second-order valence-electron chi connectivity index (χ2n) is 9.37. The van der Waals surface area contributed by atoms with Crippen molar-refractivity contribution in [3.05, 3.63) is 71.2 Å². The Morgan fingerprint density at radius 3 is 2.46 bits per heavy atom. The fourth-order valence-corrected chi connectivity index (χ4v) is 4.58. The smallest absolute Gasteiger partial charge is 0.395 e. The maximum atomic E-state index is 13.1. The van der Waals surface area contributed by atoms with Gasteiger partial charge in [0.25, 0.3) is 5.91 Å². The maximum absolute atomic E-state index is 13.1. The number of carbonyl (C=O) groups is 1. The van der Waals surface area contributed by atoms with E-state index in [1.54, 1.807) is 12.1 Å². The van der Waals surface area contributed by atoms with Gasteiger partial charge in [-0.05, 0) is 72.9 Å². The summed E-state index contributed by atoms with van der Waals surface area (Å²) in [5.41, 5.74) is 2.55. The van der Waals surface area contributed by atoms with Gasteiger partial charge in [-0.25, -0.2) is 4.98 Å². The van der Waals surface area contributed by atoms with Crippen LogP contribution in [0.3, 0.4) is 0 Å². The highest BCUT2D eigenvalue weighted by Gasteiger charge is 2.33. The molecular weight excluding hydrogens is 513 g/mol. The van der Waals surface area contributed by atoms with Crippen LogP contribution in [0.15, 0.2) is 48.7 Å². The molecule has 0 saturated carbocycles. The second-order valence-corrected chi connectivity index (χ2v) is 9.37. The molecule has 11 heteroatoms. The number of benzene rings is 1. The van der Waals surface area contributed by atoms with Crippen LogP contribution in [0.5, 0.6) is 0 Å². The third-order valence-corrected chi connectivity index (χ3v) is 6.65. The molecule has 0 aliphatic carbocycles. The van der Waals surface area contributed by atoms with Crippen molar-refractivity contribution in [2.45, 2.75) is 31.9 Å². The number of rotatable bonds is 9. The topological polar surface area (TPSA) is 108 Å². The number of alkyl halides is 3. The van der Waals surface area contributed by atoms with Crippen LogP contribution >= 0.6 is 0 Å². The number of pyridine rings is 2. The number of aliphatic hydroxyl groups is 2. The first-order valence-electron chi connectivity index (χ1n) is 12.7. The summed E-state index contributed by atoms with van der Waals surface area (Å²) in [4.78, 5) is 22.8. The van der Waals surface area contributed by atoms with Crippen molar-refractivity contribution >= 4 is 17.4 Å². The van der Waals surface area contributed by atoms with E-state index in [1.807, 2.05) is 30.0 Å². The molecule has 1 aliphatic rings. The Morgan fingerprint density at radius 1 is 1.08 bits per heavy atom. The Morgan fingerprint density at radius 2 is 1.79 bits per heavy atom. The minimum atomic E-state index is -4.66. The predicted molar refractivity (Wildman–Crippen MR) is 141 cm³/mol. The zero-order valence-corrected chi connectivity index (χ0v) is 21.5. The number of hydrogen-bond acceptors (Lipinski definition) is 7. The summed E-state index contributed by atoms with van der Waals surface area (Å²) in [6.45, 7) is 3.57. The summed E-state index contributed by atoms with van der Waals surface area (Å²) in [6, 6.07) is 11.1. The van der Waals surface area contributed by atoms with Crippen LogP contribution in [-0.4, -0.2) is 65.6 Å². The highest BCUT2D eigenvalue weighted by molar-refractivity contribution is 6.04. The van der Waals surface area contributed by atoms with Gasteiger partial charge in [0.15, 0.2) is 0 Å². The summed E-state index contributed by atoms with van der Waals surface area (Å²) in [6.07, 6.45) is -2.07. The maximum Gasteiger partial charge on any atom is 0.433 e. The summed E-state index contributed by atoms with van der Waals surface area (Å²) in [5, 5.41) is 21.8. The first-order chi connectivity index (χ1) is 18.7. The van der Waals surface area contributed by atoms with E-state index in [1.165, 1.54) is 6.07 Å². The average molecular weight is 545 g/mol. The third kappa shape index (κ3) is 7.11. The fourth-order valence-electron chi connectivity index (χ4n) is 4.58. The van der Waals surface area contributed by atoms with Crippen LogP contribution < -0.4 is 10.2 Å². The van der Waals surface area contributed by atoms with Crippen LogP contribution in [0, 0.1) is 6.92 Å². The quantitative estimate of drug-likeness (QED) is 0.366. The normalized spacial score (nSPS) is 14.3. The van der Waals surface area contributed by atoms with Crippen molar-refractivity contribution in [2.24, 2.45) is 0 Å². The molecule has 0 spiro atoms. The number of nitrogens with one attached hydrogen (secondary N) is 1. The molecule has 0 bridgehead atoms. The number of aliphatic hydroxyl groups excluding tert-OH is 2.